The van der Waals surface area contributed by atoms with Crippen molar-refractivity contribution in [2.45, 2.75) is 32.5 Å². The second-order valence-corrected chi connectivity index (χ2v) is 8.29. The summed E-state index contributed by atoms with van der Waals surface area (Å²) in [6, 6.07) is 7.09. The van der Waals surface area contributed by atoms with E-state index < -0.39 is 6.10 Å². The van der Waals surface area contributed by atoms with Crippen molar-refractivity contribution in [2.75, 3.05) is 26.2 Å². The van der Waals surface area contributed by atoms with Gasteiger partial charge in [-0.25, -0.2) is 9.97 Å². The summed E-state index contributed by atoms with van der Waals surface area (Å²) in [4.78, 5) is 23.9. The van der Waals surface area contributed by atoms with E-state index in [0.29, 0.717) is 58.8 Å². The maximum Gasteiger partial charge on any atom is 0.258 e. The summed E-state index contributed by atoms with van der Waals surface area (Å²) < 4.78 is 6.04. The van der Waals surface area contributed by atoms with E-state index >= 15 is 0 Å². The molecule has 3 heterocycles. The molecule has 0 radical (unpaired) electrons. The van der Waals surface area contributed by atoms with Gasteiger partial charge in [0.05, 0.1) is 35.1 Å². The average Bonchev–Trinajstić information content (AvgIpc) is 3.15. The predicted octanol–water partition coefficient (Wildman–Crippen LogP) is 1.67. The van der Waals surface area contributed by atoms with Crippen molar-refractivity contribution in [3.8, 4) is 5.75 Å². The van der Waals surface area contributed by atoms with Crippen LogP contribution in [0.2, 0.25) is 5.02 Å². The number of benzene rings is 1. The van der Waals surface area contributed by atoms with E-state index in [4.69, 9.17) is 22.1 Å². The first-order chi connectivity index (χ1) is 14.8. The van der Waals surface area contributed by atoms with Gasteiger partial charge in [-0.05, 0) is 38.9 Å². The number of amides is 1. The molecule has 0 aliphatic carbocycles. The number of carbonyl (C=O) groups excluding carboxylic acids is 1. The van der Waals surface area contributed by atoms with Gasteiger partial charge in [0.15, 0.2) is 5.82 Å². The minimum atomic E-state index is -0.624. The first-order valence-corrected chi connectivity index (χ1v) is 10.6. The molecular weight excluding hydrogens is 418 g/mol. The van der Waals surface area contributed by atoms with Crippen LogP contribution in [0.5, 0.6) is 5.75 Å². The molecule has 2 aliphatic rings. The maximum absolute atomic E-state index is 13.3. The number of aliphatic hydroxyl groups excluding tert-OH is 1. The van der Waals surface area contributed by atoms with E-state index in [-0.39, 0.29) is 18.6 Å². The zero-order valence-electron chi connectivity index (χ0n) is 17.6. The molecule has 1 amide bonds. The van der Waals surface area contributed by atoms with Crippen molar-refractivity contribution in [1.29, 1.82) is 0 Å². The van der Waals surface area contributed by atoms with Gasteiger partial charge < -0.3 is 25.8 Å². The Morgan fingerprint density at radius 1 is 1.26 bits per heavy atom. The van der Waals surface area contributed by atoms with Crippen LogP contribution < -0.4 is 15.8 Å². The molecule has 31 heavy (non-hydrogen) atoms. The number of nitrogens with two attached hydrogens (primary N) is 1. The van der Waals surface area contributed by atoms with E-state index in [1.807, 2.05) is 19.9 Å². The molecular formula is C22H26ClN5O3. The van der Waals surface area contributed by atoms with Crippen LogP contribution in [0.25, 0.3) is 5.57 Å². The van der Waals surface area contributed by atoms with Crippen molar-refractivity contribution < 1.29 is 14.6 Å². The van der Waals surface area contributed by atoms with Crippen LogP contribution in [-0.2, 0) is 0 Å². The number of β-amino-alcohol motifs (C(OH)–C–C–N with tert-alkyl or cyclic N) is 1. The number of hydrogen-bond donors (Lipinski definition) is 3. The Hall–Kier alpha value is -2.68. The first-order valence-electron chi connectivity index (χ1n) is 10.3. The Balaban J connectivity index is 1.54. The maximum atomic E-state index is 13.3. The molecule has 2 aromatic rings. The summed E-state index contributed by atoms with van der Waals surface area (Å²) >= 11 is 6.19. The standard InChI is InChI=1S/C22H26ClN5O3/c1-12-20(23)13(2)27-21(26-12)15-10-28(11-16(15)24)22(30)14-5-3-4-6-18(14)31-19-7-8-25-9-17(19)29/h3-6,17,19,25,29H,7-11,24H2,1-2H3/t17-,19?/m0/s1. The van der Waals surface area contributed by atoms with E-state index in [1.165, 1.54) is 0 Å². The molecule has 0 bridgehead atoms. The molecule has 0 saturated carbocycles. The minimum Gasteiger partial charge on any atom is -0.487 e. The number of nitrogens with zero attached hydrogens (tertiary/aromatic N) is 3. The fourth-order valence-electron chi connectivity index (χ4n) is 3.88. The third-order valence-corrected chi connectivity index (χ3v) is 6.17. The lowest BCUT2D eigenvalue weighted by Crippen LogP contribution is -2.46. The molecule has 0 spiro atoms. The van der Waals surface area contributed by atoms with Gasteiger partial charge in [-0.3, -0.25) is 4.79 Å². The van der Waals surface area contributed by atoms with Crippen LogP contribution in [0, 0.1) is 13.8 Å². The van der Waals surface area contributed by atoms with Crippen molar-refractivity contribution >= 4 is 23.1 Å². The van der Waals surface area contributed by atoms with E-state index in [0.717, 1.165) is 12.1 Å². The molecule has 1 aromatic carbocycles. The number of carbonyl (C=O) groups is 1. The predicted molar refractivity (Wildman–Crippen MR) is 118 cm³/mol. The summed E-state index contributed by atoms with van der Waals surface area (Å²) in [5.74, 6) is 0.758. The number of halogens is 1. The van der Waals surface area contributed by atoms with Crippen LogP contribution in [0.4, 0.5) is 0 Å². The van der Waals surface area contributed by atoms with Gasteiger partial charge in [-0.2, -0.15) is 0 Å². The van der Waals surface area contributed by atoms with Gasteiger partial charge in [-0.15, -0.1) is 0 Å². The molecule has 2 aliphatic heterocycles. The van der Waals surface area contributed by atoms with Gasteiger partial charge >= 0.3 is 0 Å². The summed E-state index contributed by atoms with van der Waals surface area (Å²) in [5, 5.41) is 13.9. The Kier molecular flexibility index (Phi) is 6.13. The van der Waals surface area contributed by atoms with Gasteiger partial charge in [-0.1, -0.05) is 23.7 Å². The van der Waals surface area contributed by atoms with Crippen molar-refractivity contribution in [1.82, 2.24) is 20.2 Å². The molecule has 1 saturated heterocycles. The Morgan fingerprint density at radius 3 is 2.68 bits per heavy atom. The Bertz CT molecular complexity index is 1020. The molecule has 2 atom stereocenters. The third kappa shape index (κ3) is 4.37. The lowest BCUT2D eigenvalue weighted by Gasteiger charge is -2.29. The summed E-state index contributed by atoms with van der Waals surface area (Å²) in [5.41, 5.74) is 9.33. The Morgan fingerprint density at radius 2 is 1.97 bits per heavy atom. The summed E-state index contributed by atoms with van der Waals surface area (Å²) in [6.07, 6.45) is -0.319. The molecule has 4 rings (SSSR count). The fourth-order valence-corrected chi connectivity index (χ4v) is 3.96. The van der Waals surface area contributed by atoms with E-state index in [1.54, 1.807) is 23.1 Å². The third-order valence-electron chi connectivity index (χ3n) is 5.62. The number of hydrogen-bond acceptors (Lipinski definition) is 7. The van der Waals surface area contributed by atoms with Gasteiger partial charge in [0.2, 0.25) is 0 Å². The highest BCUT2D eigenvalue weighted by Crippen LogP contribution is 2.29. The topological polar surface area (TPSA) is 114 Å². The average molecular weight is 444 g/mol. The van der Waals surface area contributed by atoms with Crippen LogP contribution in [0.3, 0.4) is 0 Å². The van der Waals surface area contributed by atoms with Crippen LogP contribution >= 0.6 is 11.6 Å². The quantitative estimate of drug-likeness (QED) is 0.658. The number of aromatic nitrogens is 2. The molecule has 4 N–H and O–H groups in total. The zero-order chi connectivity index (χ0) is 22.1. The van der Waals surface area contributed by atoms with Gasteiger partial charge in [0.1, 0.15) is 18.0 Å². The first kappa shape index (κ1) is 21.5. The number of para-hydroxylation sites is 1. The van der Waals surface area contributed by atoms with Crippen molar-refractivity contribution in [3.05, 3.63) is 57.8 Å². The fraction of sp³-hybridized carbons (Fsp3) is 0.409. The molecule has 1 fully saturated rings. The SMILES string of the molecule is Cc1nc(C2=C(N)CN(C(=O)c3ccccc3OC3CCNC[C@@H]3O)C2)nc(C)c1Cl. The second kappa shape index (κ2) is 8.82. The summed E-state index contributed by atoms with van der Waals surface area (Å²) in [6.45, 7) is 5.44. The lowest BCUT2D eigenvalue weighted by atomic mass is 10.1. The van der Waals surface area contributed by atoms with E-state index in [9.17, 15) is 9.90 Å². The summed E-state index contributed by atoms with van der Waals surface area (Å²) in [7, 11) is 0. The van der Waals surface area contributed by atoms with Gasteiger partial charge in [0.25, 0.3) is 5.91 Å². The Labute approximate surface area is 186 Å². The largest absolute Gasteiger partial charge is 0.487 e. The highest BCUT2D eigenvalue weighted by molar-refractivity contribution is 6.31. The number of rotatable bonds is 4. The second-order valence-electron chi connectivity index (χ2n) is 7.91. The van der Waals surface area contributed by atoms with Crippen molar-refractivity contribution in [3.63, 3.8) is 0 Å². The number of aryl methyl sites for hydroxylation is 2. The molecule has 1 unspecified atom stereocenters. The van der Waals surface area contributed by atoms with E-state index in [2.05, 4.69) is 15.3 Å². The number of aliphatic hydroxyl groups is 1. The number of piperidine rings is 1. The van der Waals surface area contributed by atoms with Crippen LogP contribution in [0.15, 0.2) is 30.0 Å². The van der Waals surface area contributed by atoms with Crippen LogP contribution in [-0.4, -0.2) is 64.3 Å². The zero-order valence-corrected chi connectivity index (χ0v) is 18.3. The molecule has 9 heteroatoms. The van der Waals surface area contributed by atoms with Crippen LogP contribution in [0.1, 0.15) is 34.0 Å². The number of nitrogens with one attached hydrogen (secondary N) is 1. The number of ether oxygens (including phenoxy) is 1. The molecule has 8 nitrogen and oxygen atoms in total. The monoisotopic (exact) mass is 443 g/mol. The molecule has 164 valence electrons. The highest BCUT2D eigenvalue weighted by Gasteiger charge is 2.31. The lowest BCUT2D eigenvalue weighted by molar-refractivity contribution is 0.0155. The smallest absolute Gasteiger partial charge is 0.258 e. The van der Waals surface area contributed by atoms with Gasteiger partial charge in [0, 0.05) is 17.8 Å². The van der Waals surface area contributed by atoms with Crippen molar-refractivity contribution in [2.24, 2.45) is 5.73 Å². The molecule has 1 aromatic heterocycles. The minimum absolute atomic E-state index is 0.195. The normalized spacial score (nSPS) is 21.5. The highest BCUT2D eigenvalue weighted by atomic mass is 35.5.